The normalized spacial score (nSPS) is 12.7. The molecule has 10 rings (SSSR count). The van der Waals surface area contributed by atoms with Gasteiger partial charge in [0.25, 0.3) is 0 Å². The number of ether oxygens (including phenoxy) is 3. The fourth-order valence-electron chi connectivity index (χ4n) is 8.35. The fraction of sp³-hybridized carbons (Fsp3) is 0.125. The van der Waals surface area contributed by atoms with Crippen LogP contribution in [0.4, 0.5) is 0 Å². The molecule has 0 fully saturated rings. The lowest BCUT2D eigenvalue weighted by Gasteiger charge is -2.16. The SMILES string of the molecule is c1ccc2c(c1)Cc1c(COc3cc(OCc4cccc5c4Cc4ccccc4-5)cc(OCc4cccc5c4Cc4ccccc4-5)c3)cccc1-2. The Morgan fingerprint density at radius 3 is 0.941 bits per heavy atom. The number of hydrogen-bond donors (Lipinski definition) is 0. The maximum absolute atomic E-state index is 6.57. The summed E-state index contributed by atoms with van der Waals surface area (Å²) in [6, 6.07) is 51.7. The zero-order chi connectivity index (χ0) is 33.7. The standard InChI is InChI=1S/C48H36O3/c1-4-16-40-31(10-1)22-46-34(13-7-19-43(40)46)28-49-37-25-38(50-29-35-14-8-20-44-41-17-5-2-11-32(41)23-47(35)44)27-39(26-37)51-30-36-15-9-21-45-42-18-6-3-12-33(42)24-48(36)45/h1-21,25-27H,22-24,28-30H2. The number of hydrogen-bond acceptors (Lipinski definition) is 3. The van der Waals surface area contributed by atoms with Crippen LogP contribution >= 0.6 is 0 Å². The Morgan fingerprint density at radius 1 is 0.314 bits per heavy atom. The Balaban J connectivity index is 0.929. The average Bonchev–Trinajstić information content (AvgIpc) is 3.87. The van der Waals surface area contributed by atoms with E-state index in [9.17, 15) is 0 Å². The van der Waals surface area contributed by atoms with Crippen LogP contribution in [0.15, 0.2) is 146 Å². The van der Waals surface area contributed by atoms with Crippen molar-refractivity contribution in [3.8, 4) is 50.6 Å². The minimum Gasteiger partial charge on any atom is -0.489 e. The largest absolute Gasteiger partial charge is 0.489 e. The van der Waals surface area contributed by atoms with E-state index in [2.05, 4.69) is 127 Å². The highest BCUT2D eigenvalue weighted by Gasteiger charge is 2.23. The smallest absolute Gasteiger partial charge is 0.127 e. The first-order valence-corrected chi connectivity index (χ1v) is 17.9. The maximum atomic E-state index is 6.57. The van der Waals surface area contributed by atoms with Crippen molar-refractivity contribution in [1.82, 2.24) is 0 Å². The van der Waals surface area contributed by atoms with Crippen LogP contribution in [0.2, 0.25) is 0 Å². The zero-order valence-electron chi connectivity index (χ0n) is 28.3. The fourth-order valence-corrected chi connectivity index (χ4v) is 8.35. The molecule has 246 valence electrons. The lowest BCUT2D eigenvalue weighted by atomic mass is 10.0. The van der Waals surface area contributed by atoms with Crippen LogP contribution in [0.5, 0.6) is 17.2 Å². The predicted molar refractivity (Wildman–Crippen MR) is 203 cm³/mol. The van der Waals surface area contributed by atoms with Gasteiger partial charge in [-0.05, 0) is 103 Å². The van der Waals surface area contributed by atoms with Gasteiger partial charge in [0.05, 0.1) is 0 Å². The van der Waals surface area contributed by atoms with Gasteiger partial charge < -0.3 is 14.2 Å². The van der Waals surface area contributed by atoms with E-state index in [4.69, 9.17) is 14.2 Å². The van der Waals surface area contributed by atoms with Crippen LogP contribution in [0.1, 0.15) is 50.1 Å². The van der Waals surface area contributed by atoms with Crippen molar-refractivity contribution in [3.63, 3.8) is 0 Å². The van der Waals surface area contributed by atoms with Crippen molar-refractivity contribution in [2.24, 2.45) is 0 Å². The summed E-state index contributed by atoms with van der Waals surface area (Å²) < 4.78 is 19.7. The third-order valence-corrected chi connectivity index (χ3v) is 10.9. The highest BCUT2D eigenvalue weighted by Crippen LogP contribution is 2.41. The van der Waals surface area contributed by atoms with Gasteiger partial charge in [0.15, 0.2) is 0 Å². The molecule has 0 unspecified atom stereocenters. The summed E-state index contributed by atoms with van der Waals surface area (Å²) in [7, 11) is 0. The Kier molecular flexibility index (Phi) is 7.23. The number of fused-ring (bicyclic) bond motifs is 9. The molecule has 3 nitrogen and oxygen atoms in total. The molecule has 0 aromatic heterocycles. The molecule has 7 aromatic carbocycles. The van der Waals surface area contributed by atoms with E-state index >= 15 is 0 Å². The molecule has 3 heteroatoms. The molecular formula is C48H36O3. The topological polar surface area (TPSA) is 27.7 Å². The molecule has 0 saturated carbocycles. The Hall–Kier alpha value is -6.06. The van der Waals surface area contributed by atoms with E-state index in [0.717, 1.165) is 36.5 Å². The van der Waals surface area contributed by atoms with Crippen molar-refractivity contribution in [1.29, 1.82) is 0 Å². The summed E-state index contributed by atoms with van der Waals surface area (Å²) in [6.07, 6.45) is 2.79. The summed E-state index contributed by atoms with van der Waals surface area (Å²) >= 11 is 0. The second-order valence-corrected chi connectivity index (χ2v) is 13.8. The number of rotatable bonds is 9. The summed E-state index contributed by atoms with van der Waals surface area (Å²) in [5.74, 6) is 2.19. The van der Waals surface area contributed by atoms with Crippen molar-refractivity contribution in [2.45, 2.75) is 39.1 Å². The first kappa shape index (κ1) is 29.8. The molecule has 0 bridgehead atoms. The average molecular weight is 661 g/mol. The van der Waals surface area contributed by atoms with Crippen LogP contribution in [0, 0.1) is 0 Å². The van der Waals surface area contributed by atoms with Crippen molar-refractivity contribution in [3.05, 3.63) is 196 Å². The second kappa shape index (κ2) is 12.4. The summed E-state index contributed by atoms with van der Waals surface area (Å²) in [4.78, 5) is 0. The van der Waals surface area contributed by atoms with Gasteiger partial charge in [-0.2, -0.15) is 0 Å². The molecule has 0 spiro atoms. The van der Waals surface area contributed by atoms with E-state index in [1.165, 1.54) is 83.5 Å². The first-order chi connectivity index (χ1) is 25.2. The van der Waals surface area contributed by atoms with Crippen LogP contribution in [0.25, 0.3) is 33.4 Å². The van der Waals surface area contributed by atoms with Crippen molar-refractivity contribution >= 4 is 0 Å². The molecule has 0 amide bonds. The molecule has 0 N–H and O–H groups in total. The van der Waals surface area contributed by atoms with Crippen molar-refractivity contribution < 1.29 is 14.2 Å². The summed E-state index contributed by atoms with van der Waals surface area (Å²) in [5, 5.41) is 0. The molecule has 0 radical (unpaired) electrons. The van der Waals surface area contributed by atoms with Gasteiger partial charge in [0.1, 0.15) is 37.1 Å². The lowest BCUT2D eigenvalue weighted by Crippen LogP contribution is -2.03. The quantitative estimate of drug-likeness (QED) is 0.154. The molecular weight excluding hydrogens is 625 g/mol. The van der Waals surface area contributed by atoms with Crippen LogP contribution in [-0.2, 0) is 39.1 Å². The van der Waals surface area contributed by atoms with Crippen LogP contribution < -0.4 is 14.2 Å². The Bertz CT molecular complexity index is 2190. The zero-order valence-corrected chi connectivity index (χ0v) is 28.3. The third-order valence-electron chi connectivity index (χ3n) is 10.9. The molecule has 3 aliphatic carbocycles. The van der Waals surface area contributed by atoms with E-state index in [-0.39, 0.29) is 0 Å². The van der Waals surface area contributed by atoms with E-state index in [1.807, 2.05) is 18.2 Å². The van der Waals surface area contributed by atoms with E-state index in [1.54, 1.807) is 0 Å². The second-order valence-electron chi connectivity index (χ2n) is 13.8. The van der Waals surface area contributed by atoms with Gasteiger partial charge in [-0.3, -0.25) is 0 Å². The predicted octanol–water partition coefficient (Wildman–Crippen LogP) is 11.1. The maximum Gasteiger partial charge on any atom is 0.127 e. The lowest BCUT2D eigenvalue weighted by molar-refractivity contribution is 0.274. The number of benzene rings is 7. The molecule has 7 aromatic rings. The highest BCUT2D eigenvalue weighted by molar-refractivity contribution is 5.79. The molecule has 0 saturated heterocycles. The monoisotopic (exact) mass is 660 g/mol. The Labute approximate surface area is 298 Å². The van der Waals surface area contributed by atoms with Crippen molar-refractivity contribution in [2.75, 3.05) is 0 Å². The highest BCUT2D eigenvalue weighted by atomic mass is 16.5. The first-order valence-electron chi connectivity index (χ1n) is 17.9. The van der Waals surface area contributed by atoms with Gasteiger partial charge in [-0.15, -0.1) is 0 Å². The van der Waals surface area contributed by atoms with E-state index < -0.39 is 0 Å². The van der Waals surface area contributed by atoms with Gasteiger partial charge in [-0.25, -0.2) is 0 Å². The minimum absolute atomic E-state index is 0.467. The summed E-state index contributed by atoms with van der Waals surface area (Å²) in [6.45, 7) is 1.40. The minimum atomic E-state index is 0.467. The Morgan fingerprint density at radius 2 is 0.608 bits per heavy atom. The van der Waals surface area contributed by atoms with Crippen LogP contribution in [0.3, 0.4) is 0 Å². The molecule has 51 heavy (non-hydrogen) atoms. The van der Waals surface area contributed by atoms with Gasteiger partial charge in [-0.1, -0.05) is 127 Å². The van der Waals surface area contributed by atoms with Gasteiger partial charge in [0.2, 0.25) is 0 Å². The molecule has 3 aliphatic rings. The molecule has 0 atom stereocenters. The molecule has 0 heterocycles. The summed E-state index contributed by atoms with van der Waals surface area (Å²) in [5.41, 5.74) is 19.7. The van der Waals surface area contributed by atoms with Crippen LogP contribution in [-0.4, -0.2) is 0 Å². The van der Waals surface area contributed by atoms with Gasteiger partial charge >= 0.3 is 0 Å². The van der Waals surface area contributed by atoms with Gasteiger partial charge in [0, 0.05) is 18.2 Å². The van der Waals surface area contributed by atoms with E-state index in [0.29, 0.717) is 19.8 Å². The molecule has 0 aliphatic heterocycles. The third kappa shape index (κ3) is 5.37.